The number of hydrogen-bond donors (Lipinski definition) is 3. The van der Waals surface area contributed by atoms with Crippen molar-refractivity contribution in [1.82, 2.24) is 4.72 Å². The molecule has 0 aliphatic carbocycles. The van der Waals surface area contributed by atoms with E-state index < -0.39 is 16.0 Å². The fraction of sp³-hybridized carbons (Fsp3) is 0.167. The lowest BCUT2D eigenvalue weighted by Crippen LogP contribution is -2.24. The van der Waals surface area contributed by atoms with E-state index in [1.165, 1.54) is 18.2 Å². The zero-order valence-corrected chi connectivity index (χ0v) is 14.6. The lowest BCUT2D eigenvalue weighted by atomic mass is 10.1. The third-order valence-electron chi connectivity index (χ3n) is 3.62. The number of anilines is 1. The van der Waals surface area contributed by atoms with Gasteiger partial charge in [0.25, 0.3) is 0 Å². The van der Waals surface area contributed by atoms with Gasteiger partial charge in [0, 0.05) is 18.3 Å². The second-order valence-corrected chi connectivity index (χ2v) is 7.20. The second-order valence-electron chi connectivity index (χ2n) is 5.43. The predicted octanol–water partition coefficient (Wildman–Crippen LogP) is 3.02. The highest BCUT2D eigenvalue weighted by Gasteiger charge is 2.19. The van der Waals surface area contributed by atoms with Crippen LogP contribution in [0.25, 0.3) is 0 Å². The standard InChI is InChI=1S/C18H20N2O4S/c1-3-11-19-25(23,24)15-9-10-17(16(12-15)18(21)22)20-13(2)14-7-5-4-6-8-14/h3-10,12-13,19-20H,1,11H2,2H3,(H,21,22)/t13-/m0/s1. The summed E-state index contributed by atoms with van der Waals surface area (Å²) in [5.41, 5.74) is 1.24. The maximum Gasteiger partial charge on any atom is 0.337 e. The second kappa shape index (κ2) is 7.96. The molecular weight excluding hydrogens is 340 g/mol. The van der Waals surface area contributed by atoms with Gasteiger partial charge in [-0.05, 0) is 30.7 Å². The largest absolute Gasteiger partial charge is 0.478 e. The molecule has 0 saturated heterocycles. The Morgan fingerprint density at radius 3 is 2.52 bits per heavy atom. The van der Waals surface area contributed by atoms with Gasteiger partial charge in [-0.2, -0.15) is 0 Å². The first-order chi connectivity index (χ1) is 11.8. The number of carboxylic acid groups (broad SMARTS) is 1. The fourth-order valence-electron chi connectivity index (χ4n) is 2.30. The number of carboxylic acids is 1. The molecule has 7 heteroatoms. The van der Waals surface area contributed by atoms with Gasteiger partial charge >= 0.3 is 5.97 Å². The molecule has 2 aromatic rings. The van der Waals surface area contributed by atoms with E-state index in [9.17, 15) is 18.3 Å². The fourth-order valence-corrected chi connectivity index (χ4v) is 3.33. The number of sulfonamides is 1. The zero-order valence-electron chi connectivity index (χ0n) is 13.8. The minimum absolute atomic E-state index is 0.0653. The van der Waals surface area contributed by atoms with E-state index in [-0.39, 0.29) is 23.0 Å². The van der Waals surface area contributed by atoms with E-state index >= 15 is 0 Å². The van der Waals surface area contributed by atoms with Crippen molar-refractivity contribution in [3.63, 3.8) is 0 Å². The van der Waals surface area contributed by atoms with Crippen molar-refractivity contribution in [2.75, 3.05) is 11.9 Å². The summed E-state index contributed by atoms with van der Waals surface area (Å²) in [7, 11) is -3.79. The van der Waals surface area contributed by atoms with Crippen LogP contribution in [0.1, 0.15) is 28.9 Å². The first-order valence-corrected chi connectivity index (χ1v) is 9.13. The Kier molecular flexibility index (Phi) is 5.95. The van der Waals surface area contributed by atoms with E-state index in [4.69, 9.17) is 0 Å². The Morgan fingerprint density at radius 2 is 1.92 bits per heavy atom. The molecule has 0 bridgehead atoms. The molecule has 0 aliphatic heterocycles. The van der Waals surface area contributed by atoms with Crippen molar-refractivity contribution >= 4 is 21.7 Å². The third kappa shape index (κ3) is 4.68. The van der Waals surface area contributed by atoms with E-state index in [2.05, 4.69) is 16.6 Å². The van der Waals surface area contributed by atoms with Gasteiger partial charge < -0.3 is 10.4 Å². The van der Waals surface area contributed by atoms with Gasteiger partial charge in [0.1, 0.15) is 0 Å². The van der Waals surface area contributed by atoms with Crippen molar-refractivity contribution < 1.29 is 18.3 Å². The molecule has 132 valence electrons. The summed E-state index contributed by atoms with van der Waals surface area (Å²) in [6, 6.07) is 13.4. The molecule has 0 unspecified atom stereocenters. The minimum Gasteiger partial charge on any atom is -0.478 e. The third-order valence-corrected chi connectivity index (χ3v) is 5.04. The first-order valence-electron chi connectivity index (χ1n) is 7.64. The number of hydrogen-bond acceptors (Lipinski definition) is 4. The van der Waals surface area contributed by atoms with Gasteiger partial charge in [0.05, 0.1) is 10.5 Å². The number of aromatic carboxylic acids is 1. The van der Waals surface area contributed by atoms with E-state index in [0.29, 0.717) is 5.69 Å². The molecule has 0 saturated carbocycles. The van der Waals surface area contributed by atoms with Crippen LogP contribution in [0.5, 0.6) is 0 Å². The lowest BCUT2D eigenvalue weighted by Gasteiger charge is -2.18. The van der Waals surface area contributed by atoms with Gasteiger partial charge in [-0.15, -0.1) is 6.58 Å². The van der Waals surface area contributed by atoms with Crippen molar-refractivity contribution in [3.05, 3.63) is 72.3 Å². The van der Waals surface area contributed by atoms with Crippen LogP contribution in [0, 0.1) is 0 Å². The molecule has 0 spiro atoms. The summed E-state index contributed by atoms with van der Waals surface area (Å²) in [5, 5.41) is 12.6. The van der Waals surface area contributed by atoms with Crippen molar-refractivity contribution in [1.29, 1.82) is 0 Å². The highest BCUT2D eigenvalue weighted by Crippen LogP contribution is 2.25. The highest BCUT2D eigenvalue weighted by molar-refractivity contribution is 7.89. The Labute approximate surface area is 147 Å². The van der Waals surface area contributed by atoms with Crippen LogP contribution in [0.2, 0.25) is 0 Å². The summed E-state index contributed by atoms with van der Waals surface area (Å²) < 4.78 is 26.6. The van der Waals surface area contributed by atoms with Crippen LogP contribution < -0.4 is 10.0 Å². The zero-order chi connectivity index (χ0) is 18.4. The molecule has 0 aliphatic rings. The molecule has 0 aromatic heterocycles. The van der Waals surface area contributed by atoms with E-state index in [1.807, 2.05) is 37.3 Å². The highest BCUT2D eigenvalue weighted by atomic mass is 32.2. The van der Waals surface area contributed by atoms with Crippen LogP contribution in [0.4, 0.5) is 5.69 Å². The van der Waals surface area contributed by atoms with Crippen LogP contribution >= 0.6 is 0 Å². The Morgan fingerprint density at radius 1 is 1.24 bits per heavy atom. The minimum atomic E-state index is -3.79. The SMILES string of the molecule is C=CCNS(=O)(=O)c1ccc(N[C@@H](C)c2ccccc2)c(C(=O)O)c1. The van der Waals surface area contributed by atoms with Gasteiger partial charge in [0.15, 0.2) is 0 Å². The van der Waals surface area contributed by atoms with Crippen LogP contribution in [-0.2, 0) is 10.0 Å². The summed E-state index contributed by atoms with van der Waals surface area (Å²) in [6.07, 6.45) is 1.41. The maximum absolute atomic E-state index is 12.1. The van der Waals surface area contributed by atoms with E-state index in [1.54, 1.807) is 0 Å². The molecule has 0 amide bonds. The predicted molar refractivity (Wildman–Crippen MR) is 97.3 cm³/mol. The molecule has 0 heterocycles. The normalized spacial score (nSPS) is 12.4. The molecule has 0 fully saturated rings. The smallest absolute Gasteiger partial charge is 0.337 e. The van der Waals surface area contributed by atoms with Gasteiger partial charge in [-0.3, -0.25) is 0 Å². The number of carbonyl (C=O) groups is 1. The lowest BCUT2D eigenvalue weighted by molar-refractivity contribution is 0.0697. The van der Waals surface area contributed by atoms with Crippen molar-refractivity contribution in [2.45, 2.75) is 17.9 Å². The summed E-state index contributed by atoms with van der Waals surface area (Å²) in [6.45, 7) is 5.41. The summed E-state index contributed by atoms with van der Waals surface area (Å²) in [4.78, 5) is 11.5. The van der Waals surface area contributed by atoms with E-state index in [0.717, 1.165) is 11.6 Å². The Hall–Kier alpha value is -2.64. The topological polar surface area (TPSA) is 95.5 Å². The number of rotatable bonds is 8. The van der Waals surface area contributed by atoms with Gasteiger partial charge in [0.2, 0.25) is 10.0 Å². The molecule has 6 nitrogen and oxygen atoms in total. The summed E-state index contributed by atoms with van der Waals surface area (Å²) in [5.74, 6) is -1.21. The number of nitrogens with one attached hydrogen (secondary N) is 2. The average Bonchev–Trinajstić information content (AvgIpc) is 2.60. The van der Waals surface area contributed by atoms with Gasteiger partial charge in [-0.25, -0.2) is 17.9 Å². The molecule has 2 aromatic carbocycles. The number of benzene rings is 2. The quantitative estimate of drug-likeness (QED) is 0.629. The van der Waals surface area contributed by atoms with Crippen LogP contribution in [0.3, 0.4) is 0 Å². The Balaban J connectivity index is 2.34. The van der Waals surface area contributed by atoms with Gasteiger partial charge in [-0.1, -0.05) is 36.4 Å². The molecule has 0 radical (unpaired) electrons. The van der Waals surface area contributed by atoms with Crippen LogP contribution in [0.15, 0.2) is 66.1 Å². The monoisotopic (exact) mass is 360 g/mol. The summed E-state index contributed by atoms with van der Waals surface area (Å²) >= 11 is 0. The molecular formula is C18H20N2O4S. The average molecular weight is 360 g/mol. The Bertz CT molecular complexity index is 864. The first kappa shape index (κ1) is 18.7. The molecule has 3 N–H and O–H groups in total. The molecule has 2 rings (SSSR count). The molecule has 1 atom stereocenters. The molecule has 25 heavy (non-hydrogen) atoms. The van der Waals surface area contributed by atoms with Crippen LogP contribution in [-0.4, -0.2) is 26.0 Å². The van der Waals surface area contributed by atoms with Crippen molar-refractivity contribution in [2.24, 2.45) is 0 Å². The maximum atomic E-state index is 12.1. The van der Waals surface area contributed by atoms with Crippen molar-refractivity contribution in [3.8, 4) is 0 Å².